The minimum Gasteiger partial charge on any atom is -0.322 e. The molecule has 0 bridgehead atoms. The second kappa shape index (κ2) is 8.99. The number of imidazole rings is 1. The van der Waals surface area contributed by atoms with Crippen molar-refractivity contribution in [2.75, 3.05) is 11.1 Å². The van der Waals surface area contributed by atoms with Crippen molar-refractivity contribution in [3.8, 4) is 16.9 Å². The number of nitrogens with one attached hydrogen (secondary N) is 1. The summed E-state index contributed by atoms with van der Waals surface area (Å²) in [6.45, 7) is 3.81. The largest absolute Gasteiger partial charge is 0.322 e. The van der Waals surface area contributed by atoms with Gasteiger partial charge in [-0.05, 0) is 32.0 Å². The topological polar surface area (TPSA) is 64.7 Å². The first kappa shape index (κ1) is 21.2. The van der Waals surface area contributed by atoms with E-state index in [2.05, 4.69) is 15.4 Å². The van der Waals surface area contributed by atoms with Gasteiger partial charge < -0.3 is 5.32 Å². The molecule has 1 N–H and O–H groups in total. The van der Waals surface area contributed by atoms with Crippen molar-refractivity contribution < 1.29 is 4.79 Å². The molecule has 4 aromatic rings. The summed E-state index contributed by atoms with van der Waals surface area (Å²) in [6.07, 6.45) is 1.83. The Hall–Kier alpha value is -3.03. The van der Waals surface area contributed by atoms with Crippen LogP contribution < -0.4 is 5.32 Å². The summed E-state index contributed by atoms with van der Waals surface area (Å²) < 4.78 is 3.79. The average Bonchev–Trinajstić information content (AvgIpc) is 3.29. The second-order valence-electron chi connectivity index (χ2n) is 7.11. The molecule has 2 aromatic carbocycles. The number of hydrogen-bond donors (Lipinski definition) is 1. The van der Waals surface area contributed by atoms with E-state index in [1.54, 1.807) is 4.68 Å². The van der Waals surface area contributed by atoms with Gasteiger partial charge in [0.05, 0.1) is 34.7 Å². The maximum Gasteiger partial charge on any atom is 0.234 e. The molecule has 0 saturated heterocycles. The van der Waals surface area contributed by atoms with Gasteiger partial charge in [0.1, 0.15) is 0 Å². The van der Waals surface area contributed by atoms with E-state index in [-0.39, 0.29) is 11.7 Å². The van der Waals surface area contributed by atoms with Crippen LogP contribution >= 0.6 is 23.4 Å². The molecule has 0 unspecified atom stereocenters. The number of nitrogens with zero attached hydrogens (tertiary/aromatic N) is 4. The zero-order valence-electron chi connectivity index (χ0n) is 17.5. The third-order valence-corrected chi connectivity index (χ3v) is 6.16. The van der Waals surface area contributed by atoms with Crippen LogP contribution in [0.1, 0.15) is 11.4 Å². The van der Waals surface area contributed by atoms with Crippen LogP contribution in [0.2, 0.25) is 5.02 Å². The third kappa shape index (κ3) is 4.52. The summed E-state index contributed by atoms with van der Waals surface area (Å²) in [5.41, 5.74) is 5.34. The highest BCUT2D eigenvalue weighted by Crippen LogP contribution is 2.31. The molecule has 1 amide bonds. The molecule has 0 aliphatic rings. The molecule has 31 heavy (non-hydrogen) atoms. The molecule has 0 atom stereocenters. The molecule has 0 aliphatic heterocycles. The lowest BCUT2D eigenvalue weighted by atomic mass is 10.1. The minimum absolute atomic E-state index is 0.105. The van der Waals surface area contributed by atoms with Crippen LogP contribution in [-0.4, -0.2) is 31.0 Å². The highest BCUT2D eigenvalue weighted by Gasteiger charge is 2.17. The molecule has 4 rings (SSSR count). The Morgan fingerprint density at radius 3 is 2.58 bits per heavy atom. The molecule has 6 nitrogen and oxygen atoms in total. The Morgan fingerprint density at radius 2 is 1.90 bits per heavy atom. The number of carbonyl (C=O) groups is 1. The standard InChI is InChI=1S/C23H22ClN5OS/c1-15-22(16(2)28(3)27-15)26-21(30)14-31-23-25-13-20(17-8-5-4-6-9-17)29(23)19-11-7-10-18(24)12-19/h4-13H,14H2,1-3H3,(H,26,30). The van der Waals surface area contributed by atoms with Crippen molar-refractivity contribution in [2.45, 2.75) is 19.0 Å². The lowest BCUT2D eigenvalue weighted by Crippen LogP contribution is -2.15. The van der Waals surface area contributed by atoms with Crippen LogP contribution in [0.15, 0.2) is 66.0 Å². The molecule has 2 aromatic heterocycles. The molecule has 2 heterocycles. The summed E-state index contributed by atoms with van der Waals surface area (Å²) in [5.74, 6) is 0.116. The van der Waals surface area contributed by atoms with E-state index in [0.717, 1.165) is 39.2 Å². The number of rotatable bonds is 6. The third-order valence-electron chi connectivity index (χ3n) is 4.97. The molecule has 0 radical (unpaired) electrons. The van der Waals surface area contributed by atoms with E-state index in [4.69, 9.17) is 11.6 Å². The lowest BCUT2D eigenvalue weighted by Gasteiger charge is -2.12. The van der Waals surface area contributed by atoms with Crippen molar-refractivity contribution in [2.24, 2.45) is 7.05 Å². The maximum atomic E-state index is 12.7. The highest BCUT2D eigenvalue weighted by molar-refractivity contribution is 7.99. The van der Waals surface area contributed by atoms with Crippen molar-refractivity contribution in [1.29, 1.82) is 0 Å². The number of hydrogen-bond acceptors (Lipinski definition) is 4. The Balaban J connectivity index is 1.61. The number of aryl methyl sites for hydroxylation is 2. The molecule has 158 valence electrons. The van der Waals surface area contributed by atoms with Gasteiger partial charge >= 0.3 is 0 Å². The fraction of sp³-hybridized carbons (Fsp3) is 0.174. The molecule has 0 saturated carbocycles. The molecule has 8 heteroatoms. The number of aromatic nitrogens is 4. The first-order chi connectivity index (χ1) is 14.9. The van der Waals surface area contributed by atoms with Gasteiger partial charge in [-0.15, -0.1) is 0 Å². The van der Waals surface area contributed by atoms with Gasteiger partial charge in [-0.2, -0.15) is 5.10 Å². The Kier molecular flexibility index (Phi) is 6.15. The Morgan fingerprint density at radius 1 is 1.13 bits per heavy atom. The number of thioether (sulfide) groups is 1. The van der Waals surface area contributed by atoms with Crippen molar-refractivity contribution in [1.82, 2.24) is 19.3 Å². The number of halogens is 1. The van der Waals surface area contributed by atoms with Gasteiger partial charge in [-0.3, -0.25) is 14.0 Å². The van der Waals surface area contributed by atoms with Crippen molar-refractivity contribution in [3.63, 3.8) is 0 Å². The van der Waals surface area contributed by atoms with Gasteiger partial charge in [0.25, 0.3) is 0 Å². The van der Waals surface area contributed by atoms with Crippen LogP contribution in [0.5, 0.6) is 0 Å². The van der Waals surface area contributed by atoms with E-state index >= 15 is 0 Å². The van der Waals surface area contributed by atoms with Gasteiger partial charge in [-0.25, -0.2) is 4.98 Å². The van der Waals surface area contributed by atoms with E-state index in [1.807, 2.05) is 86.3 Å². The predicted molar refractivity (Wildman–Crippen MR) is 126 cm³/mol. The first-order valence-corrected chi connectivity index (χ1v) is 11.1. The molecular formula is C23H22ClN5OS. The predicted octanol–water partition coefficient (Wildman–Crippen LogP) is 5.27. The maximum absolute atomic E-state index is 12.7. The first-order valence-electron chi connectivity index (χ1n) is 9.76. The normalized spacial score (nSPS) is 11.0. The van der Waals surface area contributed by atoms with Crippen LogP contribution in [0, 0.1) is 13.8 Å². The number of benzene rings is 2. The SMILES string of the molecule is Cc1nn(C)c(C)c1NC(=O)CSc1ncc(-c2ccccc2)n1-c1cccc(Cl)c1. The summed E-state index contributed by atoms with van der Waals surface area (Å²) >= 11 is 7.63. The smallest absolute Gasteiger partial charge is 0.234 e. The van der Waals surface area contributed by atoms with Crippen molar-refractivity contribution in [3.05, 3.63) is 77.2 Å². The Labute approximate surface area is 190 Å². The quantitative estimate of drug-likeness (QED) is 0.405. The zero-order chi connectivity index (χ0) is 22.0. The van der Waals surface area contributed by atoms with Gasteiger partial charge in [0, 0.05) is 23.3 Å². The fourth-order valence-corrected chi connectivity index (χ4v) is 4.35. The fourth-order valence-electron chi connectivity index (χ4n) is 3.37. The number of anilines is 1. The summed E-state index contributed by atoms with van der Waals surface area (Å²) in [4.78, 5) is 17.3. The van der Waals surface area contributed by atoms with Crippen LogP contribution in [0.3, 0.4) is 0 Å². The zero-order valence-corrected chi connectivity index (χ0v) is 19.0. The molecule has 0 spiro atoms. The van der Waals surface area contributed by atoms with Crippen LogP contribution in [-0.2, 0) is 11.8 Å². The number of amides is 1. The number of carbonyl (C=O) groups excluding carboxylic acids is 1. The van der Waals surface area contributed by atoms with Gasteiger partial charge in [0.15, 0.2) is 5.16 Å². The van der Waals surface area contributed by atoms with Crippen molar-refractivity contribution >= 4 is 35.0 Å². The Bertz CT molecular complexity index is 1230. The van der Waals surface area contributed by atoms with E-state index < -0.39 is 0 Å². The minimum atomic E-state index is -0.105. The second-order valence-corrected chi connectivity index (χ2v) is 8.49. The molecular weight excluding hydrogens is 430 g/mol. The molecule has 0 aliphatic carbocycles. The highest BCUT2D eigenvalue weighted by atomic mass is 35.5. The summed E-state index contributed by atoms with van der Waals surface area (Å²) in [7, 11) is 1.86. The lowest BCUT2D eigenvalue weighted by molar-refractivity contribution is -0.113. The van der Waals surface area contributed by atoms with Gasteiger partial charge in [-0.1, -0.05) is 59.8 Å². The van der Waals surface area contributed by atoms with E-state index in [9.17, 15) is 4.79 Å². The van der Waals surface area contributed by atoms with Crippen LogP contribution in [0.4, 0.5) is 5.69 Å². The van der Waals surface area contributed by atoms with E-state index in [0.29, 0.717) is 5.02 Å². The van der Waals surface area contributed by atoms with Crippen LogP contribution in [0.25, 0.3) is 16.9 Å². The molecule has 0 fully saturated rings. The monoisotopic (exact) mass is 451 g/mol. The summed E-state index contributed by atoms with van der Waals surface area (Å²) in [5, 5.41) is 8.68. The summed E-state index contributed by atoms with van der Waals surface area (Å²) in [6, 6.07) is 17.6. The average molecular weight is 452 g/mol. The van der Waals surface area contributed by atoms with Gasteiger partial charge in [0.2, 0.25) is 5.91 Å². The van der Waals surface area contributed by atoms with E-state index in [1.165, 1.54) is 11.8 Å².